The van der Waals surface area contributed by atoms with Gasteiger partial charge in [-0.2, -0.15) is 0 Å². The Hall–Kier alpha value is -1.43. The Morgan fingerprint density at radius 2 is 2.60 bits per heavy atom. The minimum atomic E-state index is 0.523. The number of aryl methyl sites for hydroxylation is 1. The Morgan fingerprint density at radius 1 is 1.80 bits per heavy atom. The maximum atomic E-state index is 5.46. The van der Waals surface area contributed by atoms with Gasteiger partial charge in [-0.05, 0) is 0 Å². The summed E-state index contributed by atoms with van der Waals surface area (Å²) < 4.78 is 1.82. The van der Waals surface area contributed by atoms with Crippen molar-refractivity contribution in [3.8, 4) is 12.3 Å². The first-order chi connectivity index (χ1) is 4.84. The number of nitrogens with zero attached hydrogens (tertiary/aromatic N) is 2. The first kappa shape index (κ1) is 6.69. The number of terminal acetylenes is 1. The van der Waals surface area contributed by atoms with Crippen molar-refractivity contribution in [3.63, 3.8) is 0 Å². The predicted molar refractivity (Wildman–Crippen MR) is 40.1 cm³/mol. The van der Waals surface area contributed by atoms with Gasteiger partial charge in [-0.1, -0.05) is 0 Å². The zero-order valence-electron chi connectivity index (χ0n) is 5.62. The number of hydrogen-bond acceptors (Lipinski definition) is 2. The Labute approximate surface area is 59.9 Å². The van der Waals surface area contributed by atoms with E-state index in [1.165, 1.54) is 0 Å². The fourth-order valence-corrected chi connectivity index (χ4v) is 0.715. The number of nitrogen functional groups attached to an aromatic ring is 1. The van der Waals surface area contributed by atoms with Crippen LogP contribution in [0.25, 0.3) is 0 Å². The lowest BCUT2D eigenvalue weighted by Gasteiger charge is -1.98. The van der Waals surface area contributed by atoms with Crippen LogP contribution in [0.4, 0.5) is 5.95 Å². The van der Waals surface area contributed by atoms with Crippen LogP contribution in [0.3, 0.4) is 0 Å². The average molecular weight is 135 g/mol. The lowest BCUT2D eigenvalue weighted by atomic mass is 10.4. The third kappa shape index (κ3) is 1.29. The normalized spacial score (nSPS) is 9.10. The molecule has 52 valence electrons. The fraction of sp³-hybridized carbons (Fsp3) is 0.286. The van der Waals surface area contributed by atoms with E-state index in [9.17, 15) is 0 Å². The van der Waals surface area contributed by atoms with Crippen LogP contribution in [-0.4, -0.2) is 9.55 Å². The number of imidazole rings is 1. The predicted octanol–water partition coefficient (Wildman–Crippen LogP) is 0.489. The Kier molecular flexibility index (Phi) is 1.96. The Bertz CT molecular complexity index is 244. The molecule has 0 unspecified atom stereocenters. The molecule has 0 amide bonds. The minimum absolute atomic E-state index is 0.523. The third-order valence-corrected chi connectivity index (χ3v) is 1.24. The van der Waals surface area contributed by atoms with Crippen LogP contribution in [0.15, 0.2) is 12.4 Å². The van der Waals surface area contributed by atoms with Gasteiger partial charge >= 0.3 is 0 Å². The van der Waals surface area contributed by atoms with Crippen LogP contribution < -0.4 is 5.73 Å². The number of rotatable bonds is 2. The van der Waals surface area contributed by atoms with Gasteiger partial charge in [0.2, 0.25) is 0 Å². The van der Waals surface area contributed by atoms with E-state index in [2.05, 4.69) is 10.9 Å². The smallest absolute Gasteiger partial charge is 0.200 e. The molecule has 0 radical (unpaired) electrons. The second-order valence-electron chi connectivity index (χ2n) is 1.93. The molecule has 0 saturated heterocycles. The summed E-state index contributed by atoms with van der Waals surface area (Å²) in [4.78, 5) is 3.84. The highest BCUT2D eigenvalue weighted by Gasteiger charge is 1.93. The summed E-state index contributed by atoms with van der Waals surface area (Å²) in [7, 11) is 0. The highest BCUT2D eigenvalue weighted by atomic mass is 15.1. The van der Waals surface area contributed by atoms with Crippen molar-refractivity contribution in [2.24, 2.45) is 0 Å². The molecule has 0 atom stereocenters. The van der Waals surface area contributed by atoms with Gasteiger partial charge in [-0.3, -0.25) is 0 Å². The van der Waals surface area contributed by atoms with Gasteiger partial charge in [0.05, 0.1) is 0 Å². The summed E-state index contributed by atoms with van der Waals surface area (Å²) in [6.07, 6.45) is 9.24. The second-order valence-corrected chi connectivity index (χ2v) is 1.93. The SMILES string of the molecule is C#CCCn1ccnc1N. The van der Waals surface area contributed by atoms with Gasteiger partial charge in [-0.15, -0.1) is 12.3 Å². The maximum absolute atomic E-state index is 5.46. The maximum Gasteiger partial charge on any atom is 0.200 e. The summed E-state index contributed by atoms with van der Waals surface area (Å²) in [6.45, 7) is 0.752. The molecular weight excluding hydrogens is 126 g/mol. The third-order valence-electron chi connectivity index (χ3n) is 1.24. The number of hydrogen-bond donors (Lipinski definition) is 1. The lowest BCUT2D eigenvalue weighted by molar-refractivity contribution is 0.730. The molecule has 0 aliphatic heterocycles. The summed E-state index contributed by atoms with van der Waals surface area (Å²) in [5, 5.41) is 0. The fourth-order valence-electron chi connectivity index (χ4n) is 0.715. The van der Waals surface area contributed by atoms with Crippen LogP contribution in [0.1, 0.15) is 6.42 Å². The van der Waals surface area contributed by atoms with E-state index in [1.54, 1.807) is 6.20 Å². The van der Waals surface area contributed by atoms with Crippen LogP contribution in [-0.2, 0) is 6.54 Å². The lowest BCUT2D eigenvalue weighted by Crippen LogP contribution is -2.01. The van der Waals surface area contributed by atoms with Gasteiger partial charge in [-0.25, -0.2) is 4.98 Å². The van der Waals surface area contributed by atoms with Crippen LogP contribution >= 0.6 is 0 Å². The number of anilines is 1. The first-order valence-electron chi connectivity index (χ1n) is 3.04. The summed E-state index contributed by atoms with van der Waals surface area (Å²) >= 11 is 0. The molecule has 0 bridgehead atoms. The van der Waals surface area contributed by atoms with E-state index in [0.29, 0.717) is 12.4 Å². The van der Waals surface area contributed by atoms with E-state index >= 15 is 0 Å². The van der Waals surface area contributed by atoms with Crippen LogP contribution in [0.5, 0.6) is 0 Å². The second kappa shape index (κ2) is 2.92. The summed E-state index contributed by atoms with van der Waals surface area (Å²) in [6, 6.07) is 0. The molecule has 10 heavy (non-hydrogen) atoms. The molecule has 1 heterocycles. The first-order valence-corrected chi connectivity index (χ1v) is 3.04. The molecule has 0 fully saturated rings. The Balaban J connectivity index is 2.59. The van der Waals surface area contributed by atoms with Crippen LogP contribution in [0, 0.1) is 12.3 Å². The molecular formula is C7H9N3. The molecule has 0 saturated carbocycles. The van der Waals surface area contributed by atoms with E-state index < -0.39 is 0 Å². The van der Waals surface area contributed by atoms with Gasteiger partial charge in [0, 0.05) is 25.4 Å². The van der Waals surface area contributed by atoms with Crippen molar-refractivity contribution in [1.29, 1.82) is 0 Å². The highest BCUT2D eigenvalue weighted by Crippen LogP contribution is 1.98. The number of nitrogens with two attached hydrogens (primary N) is 1. The molecule has 3 heteroatoms. The van der Waals surface area contributed by atoms with E-state index in [-0.39, 0.29) is 0 Å². The molecule has 3 nitrogen and oxygen atoms in total. The van der Waals surface area contributed by atoms with Gasteiger partial charge in [0.1, 0.15) is 0 Å². The van der Waals surface area contributed by atoms with Crippen molar-refractivity contribution in [2.45, 2.75) is 13.0 Å². The molecule has 1 rings (SSSR count). The van der Waals surface area contributed by atoms with Crippen molar-refractivity contribution < 1.29 is 0 Å². The molecule has 0 spiro atoms. The molecule has 0 aliphatic rings. The minimum Gasteiger partial charge on any atom is -0.369 e. The summed E-state index contributed by atoms with van der Waals surface area (Å²) in [5.41, 5.74) is 5.46. The van der Waals surface area contributed by atoms with Crippen molar-refractivity contribution in [1.82, 2.24) is 9.55 Å². The summed E-state index contributed by atoms with van der Waals surface area (Å²) in [5.74, 6) is 3.05. The monoisotopic (exact) mass is 135 g/mol. The molecule has 1 aromatic rings. The standard InChI is InChI=1S/C7H9N3/c1-2-3-5-10-6-4-9-7(10)8/h1,4,6H,3,5H2,(H2,8,9). The zero-order valence-corrected chi connectivity index (χ0v) is 5.62. The highest BCUT2D eigenvalue weighted by molar-refractivity contribution is 5.16. The largest absolute Gasteiger partial charge is 0.369 e. The van der Waals surface area contributed by atoms with Gasteiger partial charge in [0.15, 0.2) is 5.95 Å². The molecule has 0 aromatic carbocycles. The van der Waals surface area contributed by atoms with Gasteiger partial charge in [0.25, 0.3) is 0 Å². The van der Waals surface area contributed by atoms with E-state index in [1.807, 2.05) is 10.8 Å². The molecule has 2 N–H and O–H groups in total. The van der Waals surface area contributed by atoms with E-state index in [4.69, 9.17) is 12.2 Å². The molecule has 1 aromatic heterocycles. The average Bonchev–Trinajstić information content (AvgIpc) is 2.31. The van der Waals surface area contributed by atoms with Crippen molar-refractivity contribution in [3.05, 3.63) is 12.4 Å². The quantitative estimate of drug-likeness (QED) is 0.600. The topological polar surface area (TPSA) is 43.8 Å². The Morgan fingerprint density at radius 3 is 3.10 bits per heavy atom. The van der Waals surface area contributed by atoms with E-state index in [0.717, 1.165) is 6.54 Å². The zero-order chi connectivity index (χ0) is 7.40. The van der Waals surface area contributed by atoms with Crippen molar-refractivity contribution >= 4 is 5.95 Å². The van der Waals surface area contributed by atoms with Crippen molar-refractivity contribution in [2.75, 3.05) is 5.73 Å². The van der Waals surface area contributed by atoms with Gasteiger partial charge < -0.3 is 10.3 Å². The number of aromatic nitrogens is 2. The van der Waals surface area contributed by atoms with Crippen LogP contribution in [0.2, 0.25) is 0 Å². The molecule has 0 aliphatic carbocycles.